The van der Waals surface area contributed by atoms with Gasteiger partial charge in [0.05, 0.1) is 12.2 Å². The van der Waals surface area contributed by atoms with E-state index in [9.17, 15) is 4.79 Å². The SMILES string of the molecule is CC(C)CN(C(=O)c1ncccc1C#CCCO)C1CC1. The number of aliphatic hydroxyl groups is 1. The van der Waals surface area contributed by atoms with Gasteiger partial charge in [-0.2, -0.15) is 0 Å². The van der Waals surface area contributed by atoms with Gasteiger partial charge in [-0.15, -0.1) is 0 Å². The molecule has 0 saturated heterocycles. The molecule has 1 fully saturated rings. The molecule has 4 heteroatoms. The van der Waals surface area contributed by atoms with Crippen molar-refractivity contribution in [2.45, 2.75) is 39.2 Å². The Kier molecular flexibility index (Phi) is 5.35. The van der Waals surface area contributed by atoms with E-state index in [4.69, 9.17) is 5.11 Å². The number of aromatic nitrogens is 1. The van der Waals surface area contributed by atoms with Crippen LogP contribution < -0.4 is 0 Å². The van der Waals surface area contributed by atoms with E-state index in [-0.39, 0.29) is 12.5 Å². The quantitative estimate of drug-likeness (QED) is 0.843. The lowest BCUT2D eigenvalue weighted by Gasteiger charge is -2.24. The van der Waals surface area contributed by atoms with Gasteiger partial charge in [0.15, 0.2) is 0 Å². The molecule has 4 nitrogen and oxygen atoms in total. The fourth-order valence-corrected chi connectivity index (χ4v) is 2.20. The minimum absolute atomic E-state index is 0.0259. The van der Waals surface area contributed by atoms with E-state index in [1.54, 1.807) is 12.3 Å². The first kappa shape index (κ1) is 15.5. The molecule has 0 spiro atoms. The summed E-state index contributed by atoms with van der Waals surface area (Å²) < 4.78 is 0. The van der Waals surface area contributed by atoms with Crippen molar-refractivity contribution in [3.63, 3.8) is 0 Å². The standard InChI is InChI=1S/C17H22N2O2/c1-13(2)12-19(15-8-9-15)17(21)16-14(6-3-4-11-20)7-5-10-18-16/h5,7,10,13,15,20H,4,8-9,11-12H2,1-2H3. The molecule has 1 aliphatic rings. The Balaban J connectivity index is 2.23. The van der Waals surface area contributed by atoms with Gasteiger partial charge in [-0.3, -0.25) is 4.79 Å². The molecule has 112 valence electrons. The normalized spacial score (nSPS) is 13.7. The summed E-state index contributed by atoms with van der Waals surface area (Å²) in [6, 6.07) is 3.95. The number of carbonyl (C=O) groups excluding carboxylic acids is 1. The van der Waals surface area contributed by atoms with Crippen LogP contribution in [-0.2, 0) is 0 Å². The molecular formula is C17H22N2O2. The summed E-state index contributed by atoms with van der Waals surface area (Å²) in [5.74, 6) is 6.21. The third kappa shape index (κ3) is 4.30. The zero-order valence-electron chi connectivity index (χ0n) is 12.7. The lowest BCUT2D eigenvalue weighted by molar-refractivity contribution is 0.0716. The van der Waals surface area contributed by atoms with E-state index in [0.717, 1.165) is 19.4 Å². The molecular weight excluding hydrogens is 264 g/mol. The van der Waals surface area contributed by atoms with Crippen LogP contribution in [-0.4, -0.2) is 40.1 Å². The summed E-state index contributed by atoms with van der Waals surface area (Å²) in [5.41, 5.74) is 1.07. The average molecular weight is 286 g/mol. The van der Waals surface area contributed by atoms with E-state index in [0.29, 0.717) is 29.6 Å². The maximum Gasteiger partial charge on any atom is 0.274 e. The minimum atomic E-state index is -0.0277. The van der Waals surface area contributed by atoms with E-state index in [1.807, 2.05) is 11.0 Å². The number of hydrogen-bond donors (Lipinski definition) is 1. The van der Waals surface area contributed by atoms with E-state index < -0.39 is 0 Å². The zero-order chi connectivity index (χ0) is 15.2. The first-order valence-corrected chi connectivity index (χ1v) is 7.49. The summed E-state index contributed by atoms with van der Waals surface area (Å²) >= 11 is 0. The molecule has 2 rings (SSSR count). The Bertz CT molecular complexity index is 553. The van der Waals surface area contributed by atoms with Crippen molar-refractivity contribution >= 4 is 5.91 Å². The summed E-state index contributed by atoms with van der Waals surface area (Å²) in [6.07, 6.45) is 4.19. The van der Waals surface area contributed by atoms with Crippen molar-refractivity contribution in [3.8, 4) is 11.8 Å². The molecule has 0 unspecified atom stereocenters. The van der Waals surface area contributed by atoms with Crippen LogP contribution >= 0.6 is 0 Å². The molecule has 1 saturated carbocycles. The van der Waals surface area contributed by atoms with Crippen LogP contribution in [0.25, 0.3) is 0 Å². The van der Waals surface area contributed by atoms with Crippen LogP contribution in [0.1, 0.15) is 49.2 Å². The predicted molar refractivity (Wildman–Crippen MR) is 81.7 cm³/mol. The summed E-state index contributed by atoms with van der Waals surface area (Å²) in [4.78, 5) is 18.9. The third-order valence-corrected chi connectivity index (χ3v) is 3.28. The summed E-state index contributed by atoms with van der Waals surface area (Å²) in [7, 11) is 0. The molecule has 1 N–H and O–H groups in total. The highest BCUT2D eigenvalue weighted by Crippen LogP contribution is 2.29. The first-order chi connectivity index (χ1) is 10.1. The Morgan fingerprint density at radius 2 is 2.29 bits per heavy atom. The maximum absolute atomic E-state index is 12.8. The van der Waals surface area contributed by atoms with Crippen molar-refractivity contribution in [1.82, 2.24) is 9.88 Å². The number of aliphatic hydroxyl groups excluding tert-OH is 1. The van der Waals surface area contributed by atoms with Gasteiger partial charge < -0.3 is 10.0 Å². The molecule has 0 atom stereocenters. The van der Waals surface area contributed by atoms with Crippen LogP contribution in [0.2, 0.25) is 0 Å². The van der Waals surface area contributed by atoms with Crippen molar-refractivity contribution in [1.29, 1.82) is 0 Å². The number of hydrogen-bond acceptors (Lipinski definition) is 3. The molecule has 0 aromatic carbocycles. The van der Waals surface area contributed by atoms with Crippen molar-refractivity contribution in [2.75, 3.05) is 13.2 Å². The highest BCUT2D eigenvalue weighted by atomic mass is 16.2. The Hall–Kier alpha value is -1.86. The number of rotatable bonds is 5. The highest BCUT2D eigenvalue weighted by Gasteiger charge is 2.34. The molecule has 1 aliphatic carbocycles. The predicted octanol–water partition coefficient (Wildman–Crippen LogP) is 2.08. The maximum atomic E-state index is 12.8. The molecule has 0 radical (unpaired) electrons. The Morgan fingerprint density at radius 1 is 1.52 bits per heavy atom. The highest BCUT2D eigenvalue weighted by molar-refractivity contribution is 5.95. The van der Waals surface area contributed by atoms with Crippen molar-refractivity contribution < 1.29 is 9.90 Å². The molecule has 1 aromatic heterocycles. The van der Waals surface area contributed by atoms with Crippen LogP contribution in [0.4, 0.5) is 0 Å². The monoisotopic (exact) mass is 286 g/mol. The van der Waals surface area contributed by atoms with Gasteiger partial charge in [-0.25, -0.2) is 4.98 Å². The largest absolute Gasteiger partial charge is 0.395 e. The minimum Gasteiger partial charge on any atom is -0.395 e. The number of carbonyl (C=O) groups is 1. The van der Waals surface area contributed by atoms with Crippen LogP contribution in [0.5, 0.6) is 0 Å². The number of nitrogens with zero attached hydrogens (tertiary/aromatic N) is 2. The smallest absolute Gasteiger partial charge is 0.274 e. The molecule has 0 bridgehead atoms. The lowest BCUT2D eigenvalue weighted by Crippen LogP contribution is -2.37. The van der Waals surface area contributed by atoms with Gasteiger partial charge in [0, 0.05) is 25.2 Å². The summed E-state index contributed by atoms with van der Waals surface area (Å²) in [5, 5.41) is 8.80. The summed E-state index contributed by atoms with van der Waals surface area (Å²) in [6.45, 7) is 5.01. The van der Waals surface area contributed by atoms with E-state index >= 15 is 0 Å². The second kappa shape index (κ2) is 7.24. The van der Waals surface area contributed by atoms with E-state index in [1.165, 1.54) is 0 Å². The Labute approximate surface area is 126 Å². The van der Waals surface area contributed by atoms with Crippen LogP contribution in [0, 0.1) is 17.8 Å². The zero-order valence-corrected chi connectivity index (χ0v) is 12.7. The number of pyridine rings is 1. The molecule has 1 heterocycles. The van der Waals surface area contributed by atoms with Crippen LogP contribution in [0.3, 0.4) is 0 Å². The second-order valence-electron chi connectivity index (χ2n) is 5.76. The molecule has 21 heavy (non-hydrogen) atoms. The first-order valence-electron chi connectivity index (χ1n) is 7.49. The van der Waals surface area contributed by atoms with E-state index in [2.05, 4.69) is 30.7 Å². The number of amides is 1. The fraction of sp³-hybridized carbons (Fsp3) is 0.529. The van der Waals surface area contributed by atoms with Gasteiger partial charge in [0.2, 0.25) is 0 Å². The molecule has 1 aromatic rings. The Morgan fingerprint density at radius 3 is 2.90 bits per heavy atom. The topological polar surface area (TPSA) is 53.4 Å². The van der Waals surface area contributed by atoms with Gasteiger partial charge >= 0.3 is 0 Å². The average Bonchev–Trinajstić information content (AvgIpc) is 3.29. The molecule has 1 amide bonds. The van der Waals surface area contributed by atoms with Gasteiger partial charge in [-0.05, 0) is 30.9 Å². The lowest BCUT2D eigenvalue weighted by atomic mass is 10.1. The van der Waals surface area contributed by atoms with Crippen molar-refractivity contribution in [3.05, 3.63) is 29.6 Å². The van der Waals surface area contributed by atoms with Gasteiger partial charge in [0.1, 0.15) is 5.69 Å². The second-order valence-corrected chi connectivity index (χ2v) is 5.76. The van der Waals surface area contributed by atoms with Crippen molar-refractivity contribution in [2.24, 2.45) is 5.92 Å². The van der Waals surface area contributed by atoms with Gasteiger partial charge in [-0.1, -0.05) is 25.7 Å². The van der Waals surface area contributed by atoms with Gasteiger partial charge in [0.25, 0.3) is 5.91 Å². The van der Waals surface area contributed by atoms with Crippen LogP contribution in [0.15, 0.2) is 18.3 Å². The fourth-order valence-electron chi connectivity index (χ4n) is 2.20. The molecule has 0 aliphatic heterocycles. The third-order valence-electron chi connectivity index (χ3n) is 3.28.